The molecule has 1 aliphatic heterocycles. The number of carbonyl (C=O) groups excluding carboxylic acids is 3. The molecule has 2 heterocycles. The van der Waals surface area contributed by atoms with E-state index >= 15 is 0 Å². The molecule has 0 fully saturated rings. The number of nitrogens with one attached hydrogen (secondary N) is 4. The minimum absolute atomic E-state index is 0.00279. The number of halogens is 3. The second-order valence-electron chi connectivity index (χ2n) is 10.2. The van der Waals surface area contributed by atoms with Crippen LogP contribution in [0.1, 0.15) is 49.3 Å². The van der Waals surface area contributed by atoms with Crippen LogP contribution in [0.15, 0.2) is 48.5 Å². The normalized spacial score (nSPS) is 15.6. The Morgan fingerprint density at radius 1 is 1.03 bits per heavy atom. The summed E-state index contributed by atoms with van der Waals surface area (Å²) in [5.41, 5.74) is 0.587. The van der Waals surface area contributed by atoms with Crippen molar-refractivity contribution in [1.29, 1.82) is 0 Å². The van der Waals surface area contributed by atoms with Crippen LogP contribution in [-0.4, -0.2) is 35.5 Å². The zero-order valence-corrected chi connectivity index (χ0v) is 20.6. The molecule has 2 aromatic carbocycles. The van der Waals surface area contributed by atoms with Gasteiger partial charge in [-0.2, -0.15) is 13.2 Å². The number of rotatable bonds is 5. The SMILES string of the molecule is CC(C)(C)CNC(=O)CC1CNC(=O)c2cc3cc(NC(=O)Nc4cccc(C(F)(F)F)c4)ccc3n21. The van der Waals surface area contributed by atoms with Crippen LogP contribution in [0.25, 0.3) is 10.9 Å². The number of benzene rings is 2. The van der Waals surface area contributed by atoms with Crippen molar-refractivity contribution in [2.75, 3.05) is 23.7 Å². The first kappa shape index (κ1) is 26.1. The minimum atomic E-state index is -4.52. The number of aromatic nitrogens is 1. The summed E-state index contributed by atoms with van der Waals surface area (Å²) in [6, 6.07) is 10.0. The first-order chi connectivity index (χ1) is 17.3. The van der Waals surface area contributed by atoms with E-state index in [-0.39, 0.29) is 35.4 Å². The van der Waals surface area contributed by atoms with E-state index in [2.05, 4.69) is 21.3 Å². The van der Waals surface area contributed by atoms with Gasteiger partial charge in [0, 0.05) is 41.8 Å². The van der Waals surface area contributed by atoms with Gasteiger partial charge in [0.1, 0.15) is 5.69 Å². The first-order valence-electron chi connectivity index (χ1n) is 11.8. The van der Waals surface area contributed by atoms with E-state index in [9.17, 15) is 27.6 Å². The van der Waals surface area contributed by atoms with Gasteiger partial charge >= 0.3 is 12.2 Å². The van der Waals surface area contributed by atoms with Crippen molar-refractivity contribution in [1.82, 2.24) is 15.2 Å². The summed E-state index contributed by atoms with van der Waals surface area (Å²) in [6.07, 6.45) is -4.34. The lowest BCUT2D eigenvalue weighted by Gasteiger charge is -2.27. The lowest BCUT2D eigenvalue weighted by molar-refractivity contribution is -0.137. The van der Waals surface area contributed by atoms with Gasteiger partial charge in [0.2, 0.25) is 5.91 Å². The van der Waals surface area contributed by atoms with Crippen molar-refractivity contribution >= 4 is 40.1 Å². The van der Waals surface area contributed by atoms with Crippen LogP contribution in [0.3, 0.4) is 0 Å². The third-order valence-electron chi connectivity index (χ3n) is 5.88. The predicted molar refractivity (Wildman–Crippen MR) is 134 cm³/mol. The van der Waals surface area contributed by atoms with Crippen molar-refractivity contribution in [2.24, 2.45) is 5.41 Å². The number of carbonyl (C=O) groups is 3. The maximum absolute atomic E-state index is 12.9. The molecule has 1 aliphatic rings. The summed E-state index contributed by atoms with van der Waals surface area (Å²) < 4.78 is 40.6. The van der Waals surface area contributed by atoms with Crippen molar-refractivity contribution in [2.45, 2.75) is 39.4 Å². The number of fused-ring (bicyclic) bond motifs is 3. The summed E-state index contributed by atoms with van der Waals surface area (Å²) in [5.74, 6) is -0.382. The molecule has 196 valence electrons. The van der Waals surface area contributed by atoms with Gasteiger partial charge in [-0.05, 0) is 47.9 Å². The van der Waals surface area contributed by atoms with Gasteiger partial charge in [0.05, 0.1) is 11.6 Å². The van der Waals surface area contributed by atoms with Gasteiger partial charge in [0.25, 0.3) is 5.91 Å². The highest BCUT2D eigenvalue weighted by molar-refractivity contribution is 6.03. The topological polar surface area (TPSA) is 104 Å². The standard InChI is InChI=1S/C26H28F3N5O3/c1-25(2,3)14-31-22(35)12-19-13-30-23(36)21-10-15-9-18(7-8-20(15)34(19)21)33-24(37)32-17-6-4-5-16(11-17)26(27,28)29/h4-11,19H,12-14H2,1-3H3,(H,30,36)(H,31,35)(H2,32,33,37). The summed E-state index contributed by atoms with van der Waals surface area (Å²) in [7, 11) is 0. The van der Waals surface area contributed by atoms with Crippen molar-refractivity contribution < 1.29 is 27.6 Å². The lowest BCUT2D eigenvalue weighted by atomic mass is 9.97. The highest BCUT2D eigenvalue weighted by Crippen LogP contribution is 2.32. The van der Waals surface area contributed by atoms with Crippen LogP contribution in [0.4, 0.5) is 29.3 Å². The highest BCUT2D eigenvalue weighted by Gasteiger charge is 2.31. The quantitative estimate of drug-likeness (QED) is 0.378. The zero-order valence-electron chi connectivity index (χ0n) is 20.6. The Morgan fingerprint density at radius 2 is 1.73 bits per heavy atom. The minimum Gasteiger partial charge on any atom is -0.356 e. The van der Waals surface area contributed by atoms with Crippen LogP contribution >= 0.6 is 0 Å². The van der Waals surface area contributed by atoms with Crippen LogP contribution in [0, 0.1) is 5.41 Å². The predicted octanol–water partition coefficient (Wildman–Crippen LogP) is 5.14. The van der Waals surface area contributed by atoms with E-state index in [1.54, 1.807) is 24.3 Å². The van der Waals surface area contributed by atoms with Crippen LogP contribution < -0.4 is 21.3 Å². The summed E-state index contributed by atoms with van der Waals surface area (Å²) in [4.78, 5) is 37.5. The van der Waals surface area contributed by atoms with Gasteiger partial charge in [-0.25, -0.2) is 4.79 Å². The molecule has 4 N–H and O–H groups in total. The molecule has 0 spiro atoms. The maximum Gasteiger partial charge on any atom is 0.416 e. The molecule has 4 amide bonds. The van der Waals surface area contributed by atoms with Gasteiger partial charge in [-0.3, -0.25) is 9.59 Å². The summed E-state index contributed by atoms with van der Waals surface area (Å²) in [5, 5.41) is 11.4. The fourth-order valence-electron chi connectivity index (χ4n) is 4.15. The molecule has 0 saturated carbocycles. The van der Waals surface area contributed by atoms with Gasteiger partial charge in [-0.15, -0.1) is 0 Å². The van der Waals surface area contributed by atoms with E-state index in [0.717, 1.165) is 17.6 Å². The number of anilines is 2. The lowest BCUT2D eigenvalue weighted by Crippen LogP contribution is -2.41. The molecule has 0 radical (unpaired) electrons. The molecule has 11 heteroatoms. The highest BCUT2D eigenvalue weighted by atomic mass is 19.4. The molecule has 1 aromatic heterocycles. The number of urea groups is 1. The molecule has 3 aromatic rings. The molecule has 37 heavy (non-hydrogen) atoms. The van der Waals surface area contributed by atoms with Crippen LogP contribution in [0.2, 0.25) is 0 Å². The summed E-state index contributed by atoms with van der Waals surface area (Å²) in [6.45, 7) is 6.91. The first-order valence-corrected chi connectivity index (χ1v) is 11.8. The Hall–Kier alpha value is -4.02. The fourth-order valence-corrected chi connectivity index (χ4v) is 4.15. The van der Waals surface area contributed by atoms with Crippen molar-refractivity contribution in [3.8, 4) is 0 Å². The Balaban J connectivity index is 1.50. The number of alkyl halides is 3. The molecule has 4 rings (SSSR count). The Labute approximate surface area is 211 Å². The zero-order chi connectivity index (χ0) is 27.0. The van der Waals surface area contributed by atoms with E-state index in [0.29, 0.717) is 29.9 Å². The Kier molecular flexibility index (Phi) is 6.90. The third kappa shape index (κ3) is 6.22. The number of amides is 4. The Morgan fingerprint density at radius 3 is 2.41 bits per heavy atom. The van der Waals surface area contributed by atoms with Gasteiger partial charge in [-0.1, -0.05) is 26.8 Å². The molecular formula is C26H28F3N5O3. The molecule has 0 bridgehead atoms. The fraction of sp³-hybridized carbons (Fsp3) is 0.346. The monoisotopic (exact) mass is 515 g/mol. The van der Waals surface area contributed by atoms with E-state index in [1.807, 2.05) is 25.3 Å². The average Bonchev–Trinajstić information content (AvgIpc) is 3.18. The number of hydrogen-bond acceptors (Lipinski definition) is 3. The van der Waals surface area contributed by atoms with Gasteiger partial charge < -0.3 is 25.8 Å². The van der Waals surface area contributed by atoms with E-state index < -0.39 is 17.8 Å². The molecule has 0 saturated heterocycles. The van der Waals surface area contributed by atoms with Crippen molar-refractivity contribution in [3.63, 3.8) is 0 Å². The van der Waals surface area contributed by atoms with Gasteiger partial charge in [0.15, 0.2) is 0 Å². The van der Waals surface area contributed by atoms with Crippen LogP contribution in [0.5, 0.6) is 0 Å². The molecule has 0 aliphatic carbocycles. The number of nitrogens with zero attached hydrogens (tertiary/aromatic N) is 1. The number of hydrogen-bond donors (Lipinski definition) is 4. The maximum atomic E-state index is 12.9. The smallest absolute Gasteiger partial charge is 0.356 e. The summed E-state index contributed by atoms with van der Waals surface area (Å²) >= 11 is 0. The van der Waals surface area contributed by atoms with Crippen LogP contribution in [-0.2, 0) is 11.0 Å². The third-order valence-corrected chi connectivity index (χ3v) is 5.88. The van der Waals surface area contributed by atoms with E-state index in [1.165, 1.54) is 12.1 Å². The van der Waals surface area contributed by atoms with E-state index in [4.69, 9.17) is 0 Å². The molecular weight excluding hydrogens is 487 g/mol. The second-order valence-corrected chi connectivity index (χ2v) is 10.2. The average molecular weight is 516 g/mol. The largest absolute Gasteiger partial charge is 0.416 e. The Bertz CT molecular complexity index is 1360. The molecule has 1 unspecified atom stereocenters. The second kappa shape index (κ2) is 9.79. The molecule has 8 nitrogen and oxygen atoms in total. The van der Waals surface area contributed by atoms with Crippen molar-refractivity contribution in [3.05, 3.63) is 59.8 Å². The molecule has 1 atom stereocenters.